The number of benzene rings is 2. The number of urea groups is 1. The van der Waals surface area contributed by atoms with Gasteiger partial charge < -0.3 is 10.6 Å². The fourth-order valence-corrected chi connectivity index (χ4v) is 2.36. The summed E-state index contributed by atoms with van der Waals surface area (Å²) in [6.45, 7) is 0. The standard InChI is InChI=1S/C15H14N2O/c18-15-16-13(11-7-3-1-4-8-11)14(17-15)12-9-5-2-6-10-12/h1-10,13-14H,(H2,16,17,18)/t13-,14+. The average Bonchev–Trinajstić information content (AvgIpc) is 2.83. The van der Waals surface area contributed by atoms with Crippen molar-refractivity contribution in [3.63, 3.8) is 0 Å². The van der Waals surface area contributed by atoms with Crippen molar-refractivity contribution in [2.45, 2.75) is 12.1 Å². The minimum Gasteiger partial charge on any atom is -0.329 e. The molecule has 0 radical (unpaired) electrons. The highest BCUT2D eigenvalue weighted by Crippen LogP contribution is 2.31. The summed E-state index contributed by atoms with van der Waals surface area (Å²) in [5, 5.41) is 5.94. The van der Waals surface area contributed by atoms with E-state index in [0.717, 1.165) is 11.1 Å². The molecule has 2 aromatic carbocycles. The highest BCUT2D eigenvalue weighted by Gasteiger charge is 2.33. The third-order valence-electron chi connectivity index (χ3n) is 3.22. The highest BCUT2D eigenvalue weighted by molar-refractivity contribution is 5.78. The van der Waals surface area contributed by atoms with E-state index < -0.39 is 0 Å². The predicted octanol–water partition coefficient (Wildman–Crippen LogP) is 2.78. The molecule has 3 heteroatoms. The number of nitrogens with one attached hydrogen (secondary N) is 2. The third-order valence-corrected chi connectivity index (χ3v) is 3.22. The van der Waals surface area contributed by atoms with Gasteiger partial charge >= 0.3 is 6.03 Å². The summed E-state index contributed by atoms with van der Waals surface area (Å²) in [5.41, 5.74) is 2.23. The van der Waals surface area contributed by atoms with Gasteiger partial charge in [-0.3, -0.25) is 0 Å². The maximum Gasteiger partial charge on any atom is 0.315 e. The van der Waals surface area contributed by atoms with Gasteiger partial charge in [-0.25, -0.2) is 4.79 Å². The molecule has 0 aliphatic carbocycles. The molecule has 18 heavy (non-hydrogen) atoms. The smallest absolute Gasteiger partial charge is 0.315 e. The lowest BCUT2D eigenvalue weighted by Crippen LogP contribution is -2.21. The Labute approximate surface area is 106 Å². The molecular formula is C15H14N2O. The Morgan fingerprint density at radius 3 is 1.44 bits per heavy atom. The van der Waals surface area contributed by atoms with Crippen LogP contribution in [0.4, 0.5) is 4.79 Å². The second kappa shape index (κ2) is 4.53. The molecule has 2 N–H and O–H groups in total. The van der Waals surface area contributed by atoms with Gasteiger partial charge in [0.1, 0.15) is 0 Å². The van der Waals surface area contributed by atoms with Crippen molar-refractivity contribution in [1.29, 1.82) is 0 Å². The van der Waals surface area contributed by atoms with E-state index in [2.05, 4.69) is 10.6 Å². The summed E-state index contributed by atoms with van der Waals surface area (Å²) in [6, 6.07) is 19.9. The van der Waals surface area contributed by atoms with Crippen LogP contribution >= 0.6 is 0 Å². The molecule has 3 nitrogen and oxygen atoms in total. The van der Waals surface area contributed by atoms with Crippen molar-refractivity contribution in [3.8, 4) is 0 Å². The molecule has 1 aliphatic rings. The molecule has 2 amide bonds. The van der Waals surface area contributed by atoms with Crippen molar-refractivity contribution in [2.24, 2.45) is 0 Å². The van der Waals surface area contributed by atoms with Gasteiger partial charge in [-0.2, -0.15) is 0 Å². The molecule has 90 valence electrons. The molecule has 2 aromatic rings. The van der Waals surface area contributed by atoms with Crippen LogP contribution < -0.4 is 10.6 Å². The van der Waals surface area contributed by atoms with E-state index in [1.54, 1.807) is 0 Å². The van der Waals surface area contributed by atoms with Gasteiger partial charge in [-0.1, -0.05) is 60.7 Å². The Balaban J connectivity index is 1.96. The number of hydrogen-bond acceptors (Lipinski definition) is 1. The lowest BCUT2D eigenvalue weighted by atomic mass is 9.95. The van der Waals surface area contributed by atoms with Gasteiger partial charge in [0, 0.05) is 0 Å². The first kappa shape index (κ1) is 10.8. The first-order valence-corrected chi connectivity index (χ1v) is 6.01. The van der Waals surface area contributed by atoms with Crippen LogP contribution in [0.3, 0.4) is 0 Å². The van der Waals surface area contributed by atoms with Gasteiger partial charge in [0.25, 0.3) is 0 Å². The third kappa shape index (κ3) is 1.95. The molecular weight excluding hydrogens is 224 g/mol. The highest BCUT2D eigenvalue weighted by atomic mass is 16.2. The lowest BCUT2D eigenvalue weighted by molar-refractivity contribution is 0.247. The van der Waals surface area contributed by atoms with E-state index in [9.17, 15) is 4.79 Å². The van der Waals surface area contributed by atoms with E-state index in [4.69, 9.17) is 0 Å². The van der Waals surface area contributed by atoms with Crippen LogP contribution in [0.1, 0.15) is 23.2 Å². The second-order valence-corrected chi connectivity index (χ2v) is 4.39. The van der Waals surface area contributed by atoms with Gasteiger partial charge in [-0.05, 0) is 11.1 Å². The number of amides is 2. The van der Waals surface area contributed by atoms with Gasteiger partial charge in [0.2, 0.25) is 0 Å². The number of hydrogen-bond donors (Lipinski definition) is 2. The largest absolute Gasteiger partial charge is 0.329 e. The number of carbonyl (C=O) groups excluding carboxylic acids is 1. The molecule has 2 atom stereocenters. The van der Waals surface area contributed by atoms with E-state index >= 15 is 0 Å². The summed E-state index contributed by atoms with van der Waals surface area (Å²) < 4.78 is 0. The topological polar surface area (TPSA) is 41.1 Å². The number of rotatable bonds is 2. The molecule has 1 saturated heterocycles. The summed E-state index contributed by atoms with van der Waals surface area (Å²) in [7, 11) is 0. The van der Waals surface area contributed by atoms with Crippen LogP contribution in [0.5, 0.6) is 0 Å². The Morgan fingerprint density at radius 1 is 0.667 bits per heavy atom. The van der Waals surface area contributed by atoms with E-state index in [-0.39, 0.29) is 18.1 Å². The van der Waals surface area contributed by atoms with Crippen molar-refractivity contribution >= 4 is 6.03 Å². The molecule has 0 aromatic heterocycles. The van der Waals surface area contributed by atoms with Crippen molar-refractivity contribution < 1.29 is 4.79 Å². The molecule has 1 fully saturated rings. The molecule has 0 saturated carbocycles. The van der Waals surface area contributed by atoms with Gasteiger partial charge in [0.15, 0.2) is 0 Å². The second-order valence-electron chi connectivity index (χ2n) is 4.39. The molecule has 1 aliphatic heterocycles. The minimum atomic E-state index is -0.113. The quantitative estimate of drug-likeness (QED) is 0.830. The summed E-state index contributed by atoms with van der Waals surface area (Å²) in [4.78, 5) is 11.6. The Bertz CT molecular complexity index is 489. The molecule has 0 unspecified atom stereocenters. The van der Waals surface area contributed by atoms with Gasteiger partial charge in [-0.15, -0.1) is 0 Å². The van der Waals surface area contributed by atoms with Crippen LogP contribution in [0.25, 0.3) is 0 Å². The van der Waals surface area contributed by atoms with Crippen molar-refractivity contribution in [1.82, 2.24) is 10.6 Å². The summed E-state index contributed by atoms with van der Waals surface area (Å²) in [6.07, 6.45) is 0. The first-order valence-electron chi connectivity index (χ1n) is 6.01. The lowest BCUT2D eigenvalue weighted by Gasteiger charge is -2.19. The Kier molecular flexibility index (Phi) is 2.73. The average molecular weight is 238 g/mol. The molecule has 0 spiro atoms. The van der Waals surface area contributed by atoms with Crippen molar-refractivity contribution in [2.75, 3.05) is 0 Å². The normalized spacial score (nSPS) is 22.3. The SMILES string of the molecule is O=C1N[C@H](c2ccccc2)[C@H](c2ccccc2)N1. The fraction of sp³-hybridized carbons (Fsp3) is 0.133. The molecule has 0 bridgehead atoms. The maximum absolute atomic E-state index is 11.6. The Hall–Kier alpha value is -2.29. The first-order chi connectivity index (χ1) is 8.84. The fourth-order valence-electron chi connectivity index (χ4n) is 2.36. The Morgan fingerprint density at radius 2 is 1.06 bits per heavy atom. The summed E-state index contributed by atoms with van der Waals surface area (Å²) >= 11 is 0. The minimum absolute atomic E-state index is 0.0129. The van der Waals surface area contributed by atoms with E-state index in [1.807, 2.05) is 60.7 Å². The van der Waals surface area contributed by atoms with Crippen LogP contribution in [0.15, 0.2) is 60.7 Å². The number of carbonyl (C=O) groups is 1. The predicted molar refractivity (Wildman–Crippen MR) is 70.0 cm³/mol. The van der Waals surface area contributed by atoms with Crippen molar-refractivity contribution in [3.05, 3.63) is 71.8 Å². The van der Waals surface area contributed by atoms with Crippen LogP contribution in [-0.2, 0) is 0 Å². The molecule has 3 rings (SSSR count). The van der Waals surface area contributed by atoms with Crippen LogP contribution in [0.2, 0.25) is 0 Å². The van der Waals surface area contributed by atoms with E-state index in [1.165, 1.54) is 0 Å². The van der Waals surface area contributed by atoms with Crippen LogP contribution in [0, 0.1) is 0 Å². The van der Waals surface area contributed by atoms with Crippen LogP contribution in [-0.4, -0.2) is 6.03 Å². The molecule has 1 heterocycles. The zero-order chi connectivity index (χ0) is 12.4. The van der Waals surface area contributed by atoms with Gasteiger partial charge in [0.05, 0.1) is 12.1 Å². The summed E-state index contributed by atoms with van der Waals surface area (Å²) in [5.74, 6) is 0. The monoisotopic (exact) mass is 238 g/mol. The van der Waals surface area contributed by atoms with E-state index in [0.29, 0.717) is 0 Å². The zero-order valence-corrected chi connectivity index (χ0v) is 9.84. The maximum atomic E-state index is 11.6. The zero-order valence-electron chi connectivity index (χ0n) is 9.84.